The molecule has 112 valence electrons. The molecule has 0 unspecified atom stereocenters. The second-order valence-electron chi connectivity index (χ2n) is 5.29. The van der Waals surface area contributed by atoms with Gasteiger partial charge in [-0.2, -0.15) is 0 Å². The Morgan fingerprint density at radius 1 is 1.40 bits per heavy atom. The average Bonchev–Trinajstić information content (AvgIpc) is 2.45. The summed E-state index contributed by atoms with van der Waals surface area (Å²) in [6.07, 6.45) is 2.90. The Bertz CT molecular complexity index is 443. The molecule has 0 N–H and O–H groups in total. The van der Waals surface area contributed by atoms with E-state index in [1.165, 1.54) is 0 Å². The van der Waals surface area contributed by atoms with E-state index in [-0.39, 0.29) is 17.5 Å². The number of ketones is 1. The van der Waals surface area contributed by atoms with E-state index in [1.807, 2.05) is 13.0 Å². The topological polar surface area (TPSA) is 52.6 Å². The van der Waals surface area contributed by atoms with Crippen molar-refractivity contribution in [3.63, 3.8) is 0 Å². The third-order valence-corrected chi connectivity index (χ3v) is 3.51. The molecular weight excluding hydrogens is 256 g/mol. The largest absolute Gasteiger partial charge is 0.460 e. The molecule has 20 heavy (non-hydrogen) atoms. The van der Waals surface area contributed by atoms with Crippen molar-refractivity contribution in [3.8, 4) is 0 Å². The van der Waals surface area contributed by atoms with Crippen molar-refractivity contribution < 1.29 is 19.1 Å². The minimum Gasteiger partial charge on any atom is -0.460 e. The van der Waals surface area contributed by atoms with Crippen molar-refractivity contribution in [2.24, 2.45) is 11.8 Å². The van der Waals surface area contributed by atoms with Gasteiger partial charge in [0.25, 0.3) is 0 Å². The third kappa shape index (κ3) is 3.95. The van der Waals surface area contributed by atoms with Gasteiger partial charge >= 0.3 is 5.97 Å². The number of Topliss-reactive ketones (excluding diaryl/α,β-unsaturated/α-hetero) is 1. The first-order chi connectivity index (χ1) is 9.40. The van der Waals surface area contributed by atoms with Gasteiger partial charge in [0.05, 0.1) is 6.61 Å². The predicted molar refractivity (Wildman–Crippen MR) is 76.7 cm³/mol. The monoisotopic (exact) mass is 280 g/mol. The van der Waals surface area contributed by atoms with Crippen LogP contribution in [0.1, 0.15) is 47.5 Å². The number of hydrogen-bond acceptors (Lipinski definition) is 4. The minimum absolute atomic E-state index is 0.0487. The SMILES string of the molecule is CCOC(=O)C1=C[C@@H](C(C)C)C/C(=C(\C)C(=O)CC)O1. The van der Waals surface area contributed by atoms with E-state index in [1.54, 1.807) is 13.8 Å². The maximum Gasteiger partial charge on any atom is 0.373 e. The molecule has 1 heterocycles. The highest BCUT2D eigenvalue weighted by atomic mass is 16.6. The molecule has 0 aromatic heterocycles. The standard InChI is InChI=1S/C16H24O4/c1-6-13(17)11(5)14-8-12(10(3)4)9-15(20-14)16(18)19-7-2/h9-10,12H,6-8H2,1-5H3/b14-11-/t12-/m0/s1. The van der Waals surface area contributed by atoms with E-state index >= 15 is 0 Å². The number of carbonyl (C=O) groups is 2. The summed E-state index contributed by atoms with van der Waals surface area (Å²) < 4.78 is 10.6. The first-order valence-electron chi connectivity index (χ1n) is 7.20. The van der Waals surface area contributed by atoms with Crippen molar-refractivity contribution >= 4 is 11.8 Å². The normalized spacial score (nSPS) is 21.1. The van der Waals surface area contributed by atoms with Gasteiger partial charge in [-0.1, -0.05) is 20.8 Å². The summed E-state index contributed by atoms with van der Waals surface area (Å²) in [5.74, 6) is 0.927. The first kappa shape index (κ1) is 16.5. The fourth-order valence-corrected chi connectivity index (χ4v) is 2.07. The molecule has 1 rings (SSSR count). The lowest BCUT2D eigenvalue weighted by Crippen LogP contribution is -2.21. The summed E-state index contributed by atoms with van der Waals surface area (Å²) in [5.41, 5.74) is 0.605. The summed E-state index contributed by atoms with van der Waals surface area (Å²) in [7, 11) is 0. The van der Waals surface area contributed by atoms with Crippen LogP contribution in [0.15, 0.2) is 23.2 Å². The molecule has 1 aliphatic rings. The van der Waals surface area contributed by atoms with Crippen LogP contribution in [0.2, 0.25) is 0 Å². The van der Waals surface area contributed by atoms with Gasteiger partial charge in [0.2, 0.25) is 5.76 Å². The van der Waals surface area contributed by atoms with E-state index in [4.69, 9.17) is 9.47 Å². The molecule has 0 saturated carbocycles. The maximum absolute atomic E-state index is 11.9. The summed E-state index contributed by atoms with van der Waals surface area (Å²) in [6.45, 7) is 9.80. The zero-order valence-corrected chi connectivity index (χ0v) is 13.0. The molecule has 0 saturated heterocycles. The molecule has 0 aromatic rings. The number of ether oxygens (including phenoxy) is 2. The molecule has 1 atom stereocenters. The van der Waals surface area contributed by atoms with E-state index in [9.17, 15) is 9.59 Å². The smallest absolute Gasteiger partial charge is 0.373 e. The average molecular weight is 280 g/mol. The van der Waals surface area contributed by atoms with Crippen LogP contribution >= 0.6 is 0 Å². The van der Waals surface area contributed by atoms with Gasteiger partial charge in [-0.05, 0) is 31.8 Å². The molecular formula is C16H24O4. The molecule has 0 spiro atoms. The number of rotatable bonds is 5. The Morgan fingerprint density at radius 3 is 2.55 bits per heavy atom. The lowest BCUT2D eigenvalue weighted by molar-refractivity contribution is -0.142. The fraction of sp³-hybridized carbons (Fsp3) is 0.625. The van der Waals surface area contributed by atoms with Gasteiger partial charge in [-0.25, -0.2) is 4.79 Å². The highest BCUT2D eigenvalue weighted by Crippen LogP contribution is 2.32. The molecule has 1 aliphatic heterocycles. The van der Waals surface area contributed by atoms with Crippen LogP contribution in [0, 0.1) is 11.8 Å². The molecule has 0 bridgehead atoms. The Balaban J connectivity index is 3.08. The molecule has 4 heteroatoms. The van der Waals surface area contributed by atoms with Crippen molar-refractivity contribution in [1.29, 1.82) is 0 Å². The van der Waals surface area contributed by atoms with Gasteiger partial charge in [-0.3, -0.25) is 4.79 Å². The van der Waals surface area contributed by atoms with Crippen LogP contribution in [0.5, 0.6) is 0 Å². The fourth-order valence-electron chi connectivity index (χ4n) is 2.07. The second kappa shape index (κ2) is 7.27. The highest BCUT2D eigenvalue weighted by Gasteiger charge is 2.28. The molecule has 0 amide bonds. The lowest BCUT2D eigenvalue weighted by Gasteiger charge is -2.26. The minimum atomic E-state index is -0.466. The number of carbonyl (C=O) groups excluding carboxylic acids is 2. The van der Waals surface area contributed by atoms with Crippen LogP contribution in [0.4, 0.5) is 0 Å². The van der Waals surface area contributed by atoms with Gasteiger partial charge in [-0.15, -0.1) is 0 Å². The highest BCUT2D eigenvalue weighted by molar-refractivity contribution is 5.95. The van der Waals surface area contributed by atoms with Gasteiger partial charge in [0.15, 0.2) is 5.78 Å². The van der Waals surface area contributed by atoms with Crippen molar-refractivity contribution in [3.05, 3.63) is 23.2 Å². The molecule has 0 aromatic carbocycles. The molecule has 4 nitrogen and oxygen atoms in total. The zero-order chi connectivity index (χ0) is 15.3. The van der Waals surface area contributed by atoms with Crippen LogP contribution < -0.4 is 0 Å². The van der Waals surface area contributed by atoms with Gasteiger partial charge in [0, 0.05) is 18.4 Å². The van der Waals surface area contributed by atoms with E-state index < -0.39 is 5.97 Å². The number of allylic oxidation sites excluding steroid dienone is 3. The van der Waals surface area contributed by atoms with Crippen LogP contribution in [-0.4, -0.2) is 18.4 Å². The molecule has 0 radical (unpaired) electrons. The molecule has 0 fully saturated rings. The first-order valence-corrected chi connectivity index (χ1v) is 7.20. The van der Waals surface area contributed by atoms with E-state index in [0.29, 0.717) is 36.7 Å². The van der Waals surface area contributed by atoms with Crippen LogP contribution in [-0.2, 0) is 19.1 Å². The Kier molecular flexibility index (Phi) is 5.99. The van der Waals surface area contributed by atoms with Crippen molar-refractivity contribution in [2.45, 2.75) is 47.5 Å². The quantitative estimate of drug-likeness (QED) is 0.572. The summed E-state index contributed by atoms with van der Waals surface area (Å²) in [4.78, 5) is 23.7. The summed E-state index contributed by atoms with van der Waals surface area (Å²) in [6, 6.07) is 0. The summed E-state index contributed by atoms with van der Waals surface area (Å²) >= 11 is 0. The van der Waals surface area contributed by atoms with E-state index in [2.05, 4.69) is 13.8 Å². The molecule has 0 aliphatic carbocycles. The lowest BCUT2D eigenvalue weighted by atomic mass is 9.88. The summed E-state index contributed by atoms with van der Waals surface area (Å²) in [5, 5.41) is 0. The van der Waals surface area contributed by atoms with Gasteiger partial charge < -0.3 is 9.47 Å². The van der Waals surface area contributed by atoms with Crippen LogP contribution in [0.3, 0.4) is 0 Å². The number of hydrogen-bond donors (Lipinski definition) is 0. The Labute approximate surface area is 120 Å². The second-order valence-corrected chi connectivity index (χ2v) is 5.29. The van der Waals surface area contributed by atoms with Crippen molar-refractivity contribution in [2.75, 3.05) is 6.61 Å². The Morgan fingerprint density at radius 2 is 2.05 bits per heavy atom. The third-order valence-electron chi connectivity index (χ3n) is 3.51. The number of esters is 1. The predicted octanol–water partition coefficient (Wildman–Crippen LogP) is 3.38. The van der Waals surface area contributed by atoms with E-state index in [0.717, 1.165) is 0 Å². The van der Waals surface area contributed by atoms with Crippen LogP contribution in [0.25, 0.3) is 0 Å². The van der Waals surface area contributed by atoms with Gasteiger partial charge in [0.1, 0.15) is 5.76 Å². The maximum atomic E-state index is 11.9. The van der Waals surface area contributed by atoms with Crippen molar-refractivity contribution in [1.82, 2.24) is 0 Å². The zero-order valence-electron chi connectivity index (χ0n) is 13.0. The Hall–Kier alpha value is -1.58.